The molecule has 1 aromatic carbocycles. The molecule has 1 rings (SSSR count). The van der Waals surface area contributed by atoms with E-state index >= 15 is 0 Å². The lowest BCUT2D eigenvalue weighted by atomic mass is 10.1. The largest absolute Gasteiger partial charge is 0.344 e. The van der Waals surface area contributed by atoms with Crippen molar-refractivity contribution in [2.24, 2.45) is 0 Å². The van der Waals surface area contributed by atoms with E-state index < -0.39 is 0 Å². The number of likely N-dealkylation sites (N-methyl/N-ethyl adjacent to an activating group) is 2. The maximum Gasteiger partial charge on any atom is 0.226 e. The molecule has 0 spiro atoms. The molecular weight excluding hydrogens is 304 g/mol. The van der Waals surface area contributed by atoms with E-state index in [1.807, 2.05) is 38.4 Å². The van der Waals surface area contributed by atoms with Gasteiger partial charge in [-0.25, -0.2) is 0 Å². The number of benzene rings is 1. The van der Waals surface area contributed by atoms with Gasteiger partial charge >= 0.3 is 0 Å². The van der Waals surface area contributed by atoms with Crippen LogP contribution in [0, 0.1) is 0 Å². The Kier molecular flexibility index (Phi) is 8.21. The summed E-state index contributed by atoms with van der Waals surface area (Å²) in [6, 6.07) is 7.84. The zero-order valence-electron chi connectivity index (χ0n) is 10.1. The van der Waals surface area contributed by atoms with Gasteiger partial charge in [-0.3, -0.25) is 4.79 Å². The fraction of sp³-hybridized carbons (Fsp3) is 0.417. The minimum Gasteiger partial charge on any atom is -0.344 e. The van der Waals surface area contributed by atoms with E-state index in [9.17, 15) is 4.79 Å². The first-order valence-electron chi connectivity index (χ1n) is 5.26. The lowest BCUT2D eigenvalue weighted by Gasteiger charge is -2.16. The normalized spacial score (nSPS) is 9.59. The molecule has 17 heavy (non-hydrogen) atoms. The predicted octanol–water partition coefficient (Wildman–Crippen LogP) is 2.09. The molecule has 0 fully saturated rings. The summed E-state index contributed by atoms with van der Waals surface area (Å²) in [5.41, 5.74) is 1.04. The topological polar surface area (TPSA) is 32.3 Å². The van der Waals surface area contributed by atoms with Crippen molar-refractivity contribution >= 4 is 34.2 Å². The van der Waals surface area contributed by atoms with E-state index in [4.69, 9.17) is 0 Å². The third-order valence-electron chi connectivity index (χ3n) is 2.37. The zero-order valence-corrected chi connectivity index (χ0v) is 12.5. The van der Waals surface area contributed by atoms with Gasteiger partial charge < -0.3 is 10.2 Å². The third kappa shape index (κ3) is 6.05. The smallest absolute Gasteiger partial charge is 0.226 e. The van der Waals surface area contributed by atoms with Crippen LogP contribution in [0.1, 0.15) is 5.56 Å². The highest BCUT2D eigenvalue weighted by Gasteiger charge is 2.08. The molecule has 0 saturated heterocycles. The molecule has 0 atom stereocenters. The lowest BCUT2D eigenvalue weighted by Crippen LogP contribution is -2.33. The van der Waals surface area contributed by atoms with Crippen molar-refractivity contribution in [3.63, 3.8) is 0 Å². The molecule has 5 heteroatoms. The Morgan fingerprint density at radius 1 is 1.47 bits per heavy atom. The molecule has 0 unspecified atom stereocenters. The summed E-state index contributed by atoms with van der Waals surface area (Å²) in [7, 11) is 3.71. The lowest BCUT2D eigenvalue weighted by molar-refractivity contribution is -0.129. The third-order valence-corrected chi connectivity index (χ3v) is 2.86. The first-order valence-corrected chi connectivity index (χ1v) is 6.06. The minimum absolute atomic E-state index is 0. The van der Waals surface area contributed by atoms with Crippen molar-refractivity contribution in [3.05, 3.63) is 34.3 Å². The van der Waals surface area contributed by atoms with E-state index in [0.29, 0.717) is 6.42 Å². The maximum atomic E-state index is 11.8. The Balaban J connectivity index is 0.00000256. The molecule has 0 aromatic heterocycles. The number of hydrogen-bond acceptors (Lipinski definition) is 2. The molecule has 0 aliphatic carbocycles. The number of carbonyl (C=O) groups excluding carboxylic acids is 1. The Morgan fingerprint density at radius 3 is 2.76 bits per heavy atom. The van der Waals surface area contributed by atoms with Crippen LogP contribution in [-0.2, 0) is 11.2 Å². The van der Waals surface area contributed by atoms with Gasteiger partial charge in [-0.15, -0.1) is 12.4 Å². The molecule has 96 valence electrons. The summed E-state index contributed by atoms with van der Waals surface area (Å²) in [5.74, 6) is 0.147. The molecular formula is C12H18BrClN2O. The molecule has 0 saturated carbocycles. The van der Waals surface area contributed by atoms with Gasteiger partial charge in [0.15, 0.2) is 0 Å². The molecule has 3 nitrogen and oxygen atoms in total. The molecule has 1 amide bonds. The Hall–Kier alpha value is -0.580. The Morgan fingerprint density at radius 2 is 2.18 bits per heavy atom. The fourth-order valence-electron chi connectivity index (χ4n) is 1.36. The fourth-order valence-corrected chi connectivity index (χ4v) is 1.81. The van der Waals surface area contributed by atoms with Crippen LogP contribution in [0.25, 0.3) is 0 Å². The Labute approximate surface area is 117 Å². The van der Waals surface area contributed by atoms with Crippen LogP contribution in [0.5, 0.6) is 0 Å². The van der Waals surface area contributed by atoms with Crippen molar-refractivity contribution in [2.75, 3.05) is 27.2 Å². The van der Waals surface area contributed by atoms with Gasteiger partial charge in [-0.1, -0.05) is 28.1 Å². The average Bonchev–Trinajstić information content (AvgIpc) is 2.25. The minimum atomic E-state index is 0. The number of hydrogen-bond donors (Lipinski definition) is 1. The highest BCUT2D eigenvalue weighted by molar-refractivity contribution is 9.10. The second-order valence-electron chi connectivity index (χ2n) is 3.73. The molecule has 0 bridgehead atoms. The molecule has 1 aromatic rings. The summed E-state index contributed by atoms with van der Waals surface area (Å²) in [6.07, 6.45) is 0.458. The predicted molar refractivity (Wildman–Crippen MR) is 76.7 cm³/mol. The van der Waals surface area contributed by atoms with Crippen molar-refractivity contribution < 1.29 is 4.79 Å². The van der Waals surface area contributed by atoms with Crippen LogP contribution in [0.15, 0.2) is 28.7 Å². The van der Waals surface area contributed by atoms with Gasteiger partial charge in [0.25, 0.3) is 0 Å². The molecule has 0 aliphatic heterocycles. The van der Waals surface area contributed by atoms with Crippen molar-refractivity contribution in [3.8, 4) is 0 Å². The second kappa shape index (κ2) is 8.50. The maximum absolute atomic E-state index is 11.8. The van der Waals surface area contributed by atoms with Crippen molar-refractivity contribution in [1.82, 2.24) is 10.2 Å². The second-order valence-corrected chi connectivity index (χ2v) is 4.64. The van der Waals surface area contributed by atoms with Crippen molar-refractivity contribution in [2.45, 2.75) is 6.42 Å². The SMILES string of the molecule is CNCCN(C)C(=O)Cc1cccc(Br)c1.Cl. The standard InChI is InChI=1S/C12H17BrN2O.ClH/c1-14-6-7-15(2)12(16)9-10-4-3-5-11(13)8-10;/h3-5,8,14H,6-7,9H2,1-2H3;1H. The Bertz CT molecular complexity index is 360. The first-order chi connectivity index (χ1) is 7.63. The number of carbonyl (C=O) groups is 1. The van der Waals surface area contributed by atoms with Crippen LogP contribution in [0.3, 0.4) is 0 Å². The number of nitrogens with zero attached hydrogens (tertiary/aromatic N) is 1. The monoisotopic (exact) mass is 320 g/mol. The molecule has 0 heterocycles. The van der Waals surface area contributed by atoms with Gasteiger partial charge in [0.1, 0.15) is 0 Å². The van der Waals surface area contributed by atoms with Crippen molar-refractivity contribution in [1.29, 1.82) is 0 Å². The average molecular weight is 322 g/mol. The highest BCUT2D eigenvalue weighted by Crippen LogP contribution is 2.12. The molecule has 1 N–H and O–H groups in total. The van der Waals surface area contributed by atoms with Gasteiger partial charge in [0.05, 0.1) is 6.42 Å². The van der Waals surface area contributed by atoms with Crippen LogP contribution < -0.4 is 5.32 Å². The van der Waals surface area contributed by atoms with E-state index in [2.05, 4.69) is 21.2 Å². The highest BCUT2D eigenvalue weighted by atomic mass is 79.9. The van der Waals surface area contributed by atoms with E-state index in [1.54, 1.807) is 4.90 Å². The summed E-state index contributed by atoms with van der Waals surface area (Å²) in [4.78, 5) is 13.6. The van der Waals surface area contributed by atoms with E-state index in [1.165, 1.54) is 0 Å². The van der Waals surface area contributed by atoms with Gasteiger partial charge in [0.2, 0.25) is 5.91 Å². The number of amides is 1. The van der Waals surface area contributed by atoms with Crippen LogP contribution >= 0.6 is 28.3 Å². The van der Waals surface area contributed by atoms with Crippen LogP contribution in [0.4, 0.5) is 0 Å². The van der Waals surface area contributed by atoms with E-state index in [-0.39, 0.29) is 18.3 Å². The summed E-state index contributed by atoms with van der Waals surface area (Å²) in [6.45, 7) is 1.56. The number of rotatable bonds is 5. The quantitative estimate of drug-likeness (QED) is 0.901. The summed E-state index contributed by atoms with van der Waals surface area (Å²) < 4.78 is 1.01. The van der Waals surface area contributed by atoms with E-state index in [0.717, 1.165) is 23.1 Å². The van der Waals surface area contributed by atoms with Crippen LogP contribution in [0.2, 0.25) is 0 Å². The first kappa shape index (κ1) is 16.4. The van der Waals surface area contributed by atoms with Crippen LogP contribution in [-0.4, -0.2) is 38.0 Å². The number of nitrogens with one attached hydrogen (secondary N) is 1. The van der Waals surface area contributed by atoms with Gasteiger partial charge in [-0.05, 0) is 24.7 Å². The summed E-state index contributed by atoms with van der Waals surface area (Å²) >= 11 is 3.40. The number of halogens is 2. The molecule has 0 aliphatic rings. The van der Waals surface area contributed by atoms with Gasteiger partial charge in [-0.2, -0.15) is 0 Å². The van der Waals surface area contributed by atoms with Gasteiger partial charge in [0, 0.05) is 24.6 Å². The zero-order chi connectivity index (χ0) is 12.0. The summed E-state index contributed by atoms with van der Waals surface area (Å²) in [5, 5.41) is 3.03. The molecule has 0 radical (unpaired) electrons.